The van der Waals surface area contributed by atoms with Crippen molar-refractivity contribution in [3.8, 4) is 0 Å². The maximum absolute atomic E-state index is 4.41. The number of rotatable bonds is 0. The first-order valence-corrected chi connectivity index (χ1v) is 5.48. The zero-order valence-electron chi connectivity index (χ0n) is 7.01. The predicted molar refractivity (Wildman–Crippen MR) is 61.9 cm³/mol. The second-order valence-electron chi connectivity index (χ2n) is 2.93. The van der Waals surface area contributed by atoms with Crippen LogP contribution in [-0.2, 0) is 0 Å². The highest BCUT2D eigenvalue weighted by molar-refractivity contribution is 9.10. The molecule has 0 bridgehead atoms. The van der Waals surface area contributed by atoms with Crippen LogP contribution in [0.4, 0.5) is 0 Å². The fraction of sp³-hybridized carbons (Fsp3) is 0.100. The molecule has 0 radical (unpaired) electrons. The first-order chi connectivity index (χ1) is 6.16. The summed E-state index contributed by atoms with van der Waals surface area (Å²) in [6.07, 6.45) is 0. The molecule has 0 aliphatic rings. The zero-order valence-corrected chi connectivity index (χ0v) is 10.2. The van der Waals surface area contributed by atoms with E-state index in [1.54, 1.807) is 0 Å². The van der Waals surface area contributed by atoms with Gasteiger partial charge in [0.05, 0.1) is 5.52 Å². The molecule has 3 heteroatoms. The number of benzene rings is 1. The Bertz CT molecular complexity index is 466. The molecular weight excluding hydrogens is 294 g/mol. The van der Waals surface area contributed by atoms with E-state index in [2.05, 4.69) is 62.0 Å². The van der Waals surface area contributed by atoms with Gasteiger partial charge >= 0.3 is 0 Å². The van der Waals surface area contributed by atoms with Crippen LogP contribution in [0.2, 0.25) is 0 Å². The highest BCUT2D eigenvalue weighted by Gasteiger charge is 2.00. The van der Waals surface area contributed by atoms with E-state index >= 15 is 0 Å². The van der Waals surface area contributed by atoms with Gasteiger partial charge < -0.3 is 0 Å². The van der Waals surface area contributed by atoms with Crippen molar-refractivity contribution in [2.24, 2.45) is 0 Å². The van der Waals surface area contributed by atoms with Crippen LogP contribution in [0, 0.1) is 6.92 Å². The Labute approximate surface area is 93.4 Å². The molecule has 2 aromatic rings. The van der Waals surface area contributed by atoms with Crippen LogP contribution in [0.1, 0.15) is 5.56 Å². The van der Waals surface area contributed by atoms with E-state index in [9.17, 15) is 0 Å². The average molecular weight is 301 g/mol. The number of hydrogen-bond acceptors (Lipinski definition) is 1. The van der Waals surface area contributed by atoms with Gasteiger partial charge in [-0.1, -0.05) is 22.0 Å². The second kappa shape index (κ2) is 3.39. The molecule has 1 heterocycles. The molecule has 0 fully saturated rings. The Morgan fingerprint density at radius 3 is 2.69 bits per heavy atom. The first-order valence-electron chi connectivity index (χ1n) is 3.89. The lowest BCUT2D eigenvalue weighted by Gasteiger charge is -2.02. The van der Waals surface area contributed by atoms with Crippen molar-refractivity contribution in [2.45, 2.75) is 6.92 Å². The lowest BCUT2D eigenvalue weighted by atomic mass is 10.1. The van der Waals surface area contributed by atoms with Crippen LogP contribution >= 0.6 is 31.9 Å². The Kier molecular flexibility index (Phi) is 2.39. The van der Waals surface area contributed by atoms with E-state index in [-0.39, 0.29) is 0 Å². The van der Waals surface area contributed by atoms with Gasteiger partial charge in [-0.25, -0.2) is 4.98 Å². The predicted octanol–water partition coefficient (Wildman–Crippen LogP) is 4.07. The summed E-state index contributed by atoms with van der Waals surface area (Å²) >= 11 is 6.82. The van der Waals surface area contributed by atoms with Crippen molar-refractivity contribution in [1.82, 2.24) is 4.98 Å². The van der Waals surface area contributed by atoms with Crippen LogP contribution in [0.5, 0.6) is 0 Å². The molecule has 66 valence electrons. The summed E-state index contributed by atoms with van der Waals surface area (Å²) < 4.78 is 1.98. The van der Waals surface area contributed by atoms with Gasteiger partial charge in [0.2, 0.25) is 0 Å². The van der Waals surface area contributed by atoms with E-state index in [0.29, 0.717) is 0 Å². The third kappa shape index (κ3) is 1.76. The standard InChI is InChI=1S/C10H7Br2N/c1-6-4-8(11)5-7-2-3-9(12)13-10(6)7/h2-5H,1H3. The Balaban J connectivity index is 2.87. The first kappa shape index (κ1) is 9.16. The molecule has 0 saturated heterocycles. The minimum Gasteiger partial charge on any atom is -0.241 e. The Hall–Kier alpha value is -0.410. The fourth-order valence-corrected chi connectivity index (χ4v) is 2.24. The van der Waals surface area contributed by atoms with Gasteiger partial charge in [-0.05, 0) is 46.6 Å². The van der Waals surface area contributed by atoms with Crippen LogP contribution in [0.3, 0.4) is 0 Å². The van der Waals surface area contributed by atoms with Gasteiger partial charge in [-0.3, -0.25) is 0 Å². The average Bonchev–Trinajstić information content (AvgIpc) is 2.06. The van der Waals surface area contributed by atoms with Crippen LogP contribution in [0.25, 0.3) is 10.9 Å². The summed E-state index contributed by atoms with van der Waals surface area (Å²) in [6.45, 7) is 2.06. The smallest absolute Gasteiger partial charge is 0.106 e. The number of nitrogens with zero attached hydrogens (tertiary/aromatic N) is 1. The van der Waals surface area contributed by atoms with Crippen molar-refractivity contribution in [2.75, 3.05) is 0 Å². The van der Waals surface area contributed by atoms with Gasteiger partial charge in [-0.15, -0.1) is 0 Å². The lowest BCUT2D eigenvalue weighted by molar-refractivity contribution is 1.32. The van der Waals surface area contributed by atoms with E-state index in [1.807, 2.05) is 6.07 Å². The molecule has 0 aliphatic heterocycles. The van der Waals surface area contributed by atoms with E-state index in [0.717, 1.165) is 20.0 Å². The summed E-state index contributed by atoms with van der Waals surface area (Å²) in [5.41, 5.74) is 2.24. The van der Waals surface area contributed by atoms with E-state index < -0.39 is 0 Å². The molecular formula is C10H7Br2N. The number of pyridine rings is 1. The molecule has 0 N–H and O–H groups in total. The van der Waals surface area contributed by atoms with E-state index in [1.165, 1.54) is 5.56 Å². The largest absolute Gasteiger partial charge is 0.241 e. The van der Waals surface area contributed by atoms with E-state index in [4.69, 9.17) is 0 Å². The summed E-state index contributed by atoms with van der Waals surface area (Å²) in [6, 6.07) is 8.15. The normalized spacial score (nSPS) is 10.7. The molecule has 0 amide bonds. The monoisotopic (exact) mass is 299 g/mol. The van der Waals surface area contributed by atoms with Crippen molar-refractivity contribution in [3.05, 3.63) is 38.9 Å². The molecule has 0 saturated carbocycles. The maximum atomic E-state index is 4.41. The molecule has 13 heavy (non-hydrogen) atoms. The molecule has 1 aromatic carbocycles. The van der Waals surface area contributed by atoms with Gasteiger partial charge in [0.15, 0.2) is 0 Å². The zero-order chi connectivity index (χ0) is 9.42. The number of fused-ring (bicyclic) bond motifs is 1. The van der Waals surface area contributed by atoms with Crippen LogP contribution < -0.4 is 0 Å². The minimum absolute atomic E-state index is 0.880. The topological polar surface area (TPSA) is 12.9 Å². The van der Waals surface area contributed by atoms with Crippen molar-refractivity contribution >= 4 is 42.8 Å². The molecule has 1 aromatic heterocycles. The van der Waals surface area contributed by atoms with Crippen LogP contribution in [0.15, 0.2) is 33.3 Å². The maximum Gasteiger partial charge on any atom is 0.106 e. The third-order valence-corrected chi connectivity index (χ3v) is 2.81. The van der Waals surface area contributed by atoms with Gasteiger partial charge in [0.25, 0.3) is 0 Å². The van der Waals surface area contributed by atoms with Crippen molar-refractivity contribution in [1.29, 1.82) is 0 Å². The molecule has 0 aliphatic carbocycles. The second-order valence-corrected chi connectivity index (χ2v) is 4.66. The highest BCUT2D eigenvalue weighted by atomic mass is 79.9. The third-order valence-electron chi connectivity index (χ3n) is 1.91. The fourth-order valence-electron chi connectivity index (χ4n) is 1.34. The molecule has 0 atom stereocenters. The molecule has 0 spiro atoms. The van der Waals surface area contributed by atoms with Gasteiger partial charge in [0, 0.05) is 9.86 Å². The van der Waals surface area contributed by atoms with Crippen molar-refractivity contribution < 1.29 is 0 Å². The lowest BCUT2D eigenvalue weighted by Crippen LogP contribution is -1.84. The summed E-state index contributed by atoms with van der Waals surface area (Å²) in [4.78, 5) is 4.41. The summed E-state index contributed by atoms with van der Waals surface area (Å²) in [5, 5.41) is 1.16. The number of aromatic nitrogens is 1. The molecule has 2 rings (SSSR count). The van der Waals surface area contributed by atoms with Crippen molar-refractivity contribution in [3.63, 3.8) is 0 Å². The number of halogens is 2. The van der Waals surface area contributed by atoms with Crippen LogP contribution in [-0.4, -0.2) is 4.98 Å². The van der Waals surface area contributed by atoms with Gasteiger partial charge in [0.1, 0.15) is 4.60 Å². The molecule has 0 unspecified atom stereocenters. The number of hydrogen-bond donors (Lipinski definition) is 0. The minimum atomic E-state index is 0.880. The number of aryl methyl sites for hydroxylation is 1. The summed E-state index contributed by atoms with van der Waals surface area (Å²) in [5.74, 6) is 0. The Morgan fingerprint density at radius 1 is 1.15 bits per heavy atom. The van der Waals surface area contributed by atoms with Gasteiger partial charge in [-0.2, -0.15) is 0 Å². The quantitative estimate of drug-likeness (QED) is 0.668. The molecule has 1 nitrogen and oxygen atoms in total. The SMILES string of the molecule is Cc1cc(Br)cc2ccc(Br)nc12. The summed E-state index contributed by atoms with van der Waals surface area (Å²) in [7, 11) is 0. The Morgan fingerprint density at radius 2 is 1.92 bits per heavy atom. The highest BCUT2D eigenvalue weighted by Crippen LogP contribution is 2.23.